The number of hydrogen-bond acceptors (Lipinski definition) is 8. The van der Waals surface area contributed by atoms with E-state index in [1.54, 1.807) is 4.68 Å². The highest BCUT2D eigenvalue weighted by atomic mass is 35.5. The molecule has 3 atom stereocenters. The van der Waals surface area contributed by atoms with E-state index in [0.29, 0.717) is 30.4 Å². The van der Waals surface area contributed by atoms with Gasteiger partial charge >= 0.3 is 0 Å². The van der Waals surface area contributed by atoms with Crippen molar-refractivity contribution in [2.75, 3.05) is 12.3 Å². The van der Waals surface area contributed by atoms with E-state index in [1.165, 1.54) is 11.1 Å². The second-order valence-electron chi connectivity index (χ2n) is 9.70. The Hall–Kier alpha value is -4.15. The smallest absolute Gasteiger partial charge is 0.223 e. The Kier molecular flexibility index (Phi) is 6.80. The molecule has 1 aliphatic rings. The van der Waals surface area contributed by atoms with Gasteiger partial charge in [0.05, 0.1) is 18.1 Å². The molecule has 0 spiro atoms. The topological polar surface area (TPSA) is 115 Å². The number of halogens is 1. The molecule has 0 aliphatic carbocycles. The van der Waals surface area contributed by atoms with Gasteiger partial charge in [-0.2, -0.15) is 4.98 Å². The molecule has 3 aromatic heterocycles. The Bertz CT molecular complexity index is 1580. The van der Waals surface area contributed by atoms with Crippen molar-refractivity contribution in [3.05, 3.63) is 89.0 Å². The lowest BCUT2D eigenvalue weighted by Crippen LogP contribution is -2.32. The molecule has 0 radical (unpaired) electrons. The predicted molar refractivity (Wildman–Crippen MR) is 147 cm³/mol. The molecule has 0 unspecified atom stereocenters. The van der Waals surface area contributed by atoms with Gasteiger partial charge in [-0.3, -0.25) is 0 Å². The first-order chi connectivity index (χ1) is 18.9. The molecule has 200 valence electrons. The standard InChI is InChI=1S/C28H28ClN7O3/c1-17-3-7-20(8-4-17)37-16-24-23(38-21-9-5-18(2)6-10-21)13-25(39-24)36-15-19(33-34-36)14-35-12-11-22-26(29)31-28(30)32-27(22)35/h3-12,15,23-25H,13-14,16H2,1-2H3,(H2,30,31,32)/t23-,24+,25+/m0/s1. The van der Waals surface area contributed by atoms with Gasteiger partial charge in [-0.25, -0.2) is 9.67 Å². The van der Waals surface area contributed by atoms with Crippen LogP contribution in [0.3, 0.4) is 0 Å². The summed E-state index contributed by atoms with van der Waals surface area (Å²) in [6, 6.07) is 17.8. The minimum Gasteiger partial charge on any atom is -0.491 e. The van der Waals surface area contributed by atoms with Crippen LogP contribution in [0.2, 0.25) is 5.15 Å². The Labute approximate surface area is 230 Å². The highest BCUT2D eigenvalue weighted by Crippen LogP contribution is 2.32. The van der Waals surface area contributed by atoms with Crippen molar-refractivity contribution in [3.63, 3.8) is 0 Å². The van der Waals surface area contributed by atoms with Crippen molar-refractivity contribution in [1.29, 1.82) is 0 Å². The van der Waals surface area contributed by atoms with Crippen molar-refractivity contribution in [2.24, 2.45) is 0 Å². The maximum absolute atomic E-state index is 6.40. The molecule has 0 amide bonds. The van der Waals surface area contributed by atoms with E-state index in [0.717, 1.165) is 22.6 Å². The minimum absolute atomic E-state index is 0.119. The van der Waals surface area contributed by atoms with Gasteiger partial charge in [0.15, 0.2) is 6.23 Å². The molecule has 0 bridgehead atoms. The molecule has 2 aromatic carbocycles. The van der Waals surface area contributed by atoms with Crippen molar-refractivity contribution in [1.82, 2.24) is 29.5 Å². The van der Waals surface area contributed by atoms with Crippen LogP contribution < -0.4 is 15.2 Å². The van der Waals surface area contributed by atoms with E-state index in [-0.39, 0.29) is 24.4 Å². The van der Waals surface area contributed by atoms with Crippen molar-refractivity contribution >= 4 is 28.6 Å². The average molecular weight is 546 g/mol. The van der Waals surface area contributed by atoms with Crippen LogP contribution in [0.1, 0.15) is 29.5 Å². The van der Waals surface area contributed by atoms with Crippen LogP contribution in [-0.4, -0.2) is 48.3 Å². The number of fused-ring (bicyclic) bond motifs is 1. The van der Waals surface area contributed by atoms with Crippen molar-refractivity contribution in [2.45, 2.75) is 45.2 Å². The quantitative estimate of drug-likeness (QED) is 0.278. The molecular formula is C28H28ClN7O3. The van der Waals surface area contributed by atoms with Gasteiger partial charge in [0, 0.05) is 12.6 Å². The van der Waals surface area contributed by atoms with Crippen LogP contribution in [0, 0.1) is 13.8 Å². The molecule has 2 N–H and O–H groups in total. The molecule has 39 heavy (non-hydrogen) atoms. The zero-order valence-electron chi connectivity index (χ0n) is 21.6. The summed E-state index contributed by atoms with van der Waals surface area (Å²) in [5.74, 6) is 1.69. The number of nitrogens with zero attached hydrogens (tertiary/aromatic N) is 6. The second kappa shape index (κ2) is 10.5. The minimum atomic E-state index is -0.359. The van der Waals surface area contributed by atoms with Gasteiger partial charge in [0.25, 0.3) is 0 Å². The van der Waals surface area contributed by atoms with E-state index in [9.17, 15) is 0 Å². The van der Waals surface area contributed by atoms with Gasteiger partial charge < -0.3 is 24.5 Å². The number of hydrogen-bond donors (Lipinski definition) is 1. The molecule has 1 saturated heterocycles. The molecule has 11 heteroatoms. The summed E-state index contributed by atoms with van der Waals surface area (Å²) >= 11 is 6.22. The Balaban J connectivity index is 1.18. The van der Waals surface area contributed by atoms with E-state index in [2.05, 4.69) is 20.3 Å². The van der Waals surface area contributed by atoms with Crippen molar-refractivity contribution < 1.29 is 14.2 Å². The maximum Gasteiger partial charge on any atom is 0.223 e. The van der Waals surface area contributed by atoms with Crippen LogP contribution in [0.4, 0.5) is 5.95 Å². The van der Waals surface area contributed by atoms with Crippen molar-refractivity contribution in [3.8, 4) is 11.5 Å². The third-order valence-electron chi connectivity index (χ3n) is 6.70. The monoisotopic (exact) mass is 545 g/mol. The lowest BCUT2D eigenvalue weighted by atomic mass is 10.1. The zero-order chi connectivity index (χ0) is 26.9. The van der Waals surface area contributed by atoms with Gasteiger partial charge in [0.2, 0.25) is 5.95 Å². The van der Waals surface area contributed by atoms with Gasteiger partial charge in [-0.1, -0.05) is 52.2 Å². The lowest BCUT2D eigenvalue weighted by molar-refractivity contribution is -0.0406. The Morgan fingerprint density at radius 2 is 1.72 bits per heavy atom. The first-order valence-electron chi connectivity index (χ1n) is 12.7. The molecule has 5 aromatic rings. The van der Waals surface area contributed by atoms with Crippen LogP contribution in [0.25, 0.3) is 11.0 Å². The molecule has 10 nitrogen and oxygen atoms in total. The fourth-order valence-corrected chi connectivity index (χ4v) is 4.85. The largest absolute Gasteiger partial charge is 0.491 e. The van der Waals surface area contributed by atoms with E-state index in [1.807, 2.05) is 85.4 Å². The van der Waals surface area contributed by atoms with Crippen LogP contribution in [0.5, 0.6) is 11.5 Å². The molecule has 1 aliphatic heterocycles. The summed E-state index contributed by atoms with van der Waals surface area (Å²) in [5.41, 5.74) is 9.52. The SMILES string of the molecule is Cc1ccc(OC[C@H]2O[C@@H](n3cc(Cn4ccc5c(Cl)nc(N)nc54)nn3)C[C@@H]2Oc2ccc(C)cc2)cc1. The zero-order valence-corrected chi connectivity index (χ0v) is 22.3. The number of rotatable bonds is 8. The third kappa shape index (κ3) is 5.52. The molecule has 0 saturated carbocycles. The van der Waals surface area contributed by atoms with E-state index in [4.69, 9.17) is 31.5 Å². The predicted octanol–water partition coefficient (Wildman–Crippen LogP) is 4.74. The average Bonchev–Trinajstić information content (AvgIpc) is 3.65. The number of ether oxygens (including phenoxy) is 3. The number of nitrogens with two attached hydrogens (primary N) is 1. The van der Waals surface area contributed by atoms with Crippen LogP contribution >= 0.6 is 11.6 Å². The number of benzene rings is 2. The normalized spacial score (nSPS) is 19.0. The Morgan fingerprint density at radius 3 is 2.46 bits per heavy atom. The summed E-state index contributed by atoms with van der Waals surface area (Å²) in [6.07, 6.45) is 3.44. The number of aromatic nitrogens is 6. The molecule has 1 fully saturated rings. The van der Waals surface area contributed by atoms with Crippen LogP contribution in [0.15, 0.2) is 67.0 Å². The highest BCUT2D eigenvalue weighted by molar-refractivity contribution is 6.34. The first kappa shape index (κ1) is 25.1. The molecule has 4 heterocycles. The van der Waals surface area contributed by atoms with Gasteiger partial charge in [0.1, 0.15) is 46.8 Å². The second-order valence-corrected chi connectivity index (χ2v) is 10.1. The number of nitrogen functional groups attached to an aromatic ring is 1. The van der Waals surface area contributed by atoms with E-state index < -0.39 is 0 Å². The summed E-state index contributed by atoms with van der Waals surface area (Å²) in [5, 5.41) is 9.77. The van der Waals surface area contributed by atoms with E-state index >= 15 is 0 Å². The number of anilines is 1. The van der Waals surface area contributed by atoms with Crippen LogP contribution in [-0.2, 0) is 11.3 Å². The third-order valence-corrected chi connectivity index (χ3v) is 6.99. The molecular weight excluding hydrogens is 518 g/mol. The highest BCUT2D eigenvalue weighted by Gasteiger charge is 2.39. The van der Waals surface area contributed by atoms with Gasteiger partial charge in [-0.05, 0) is 44.2 Å². The number of aryl methyl sites for hydroxylation is 2. The first-order valence-corrected chi connectivity index (χ1v) is 13.1. The summed E-state index contributed by atoms with van der Waals surface area (Å²) < 4.78 is 22.5. The Morgan fingerprint density at radius 1 is 1.00 bits per heavy atom. The fourth-order valence-electron chi connectivity index (χ4n) is 4.61. The summed E-state index contributed by atoms with van der Waals surface area (Å²) in [7, 11) is 0. The molecule has 6 rings (SSSR count). The van der Waals surface area contributed by atoms with Gasteiger partial charge in [-0.15, -0.1) is 5.10 Å². The maximum atomic E-state index is 6.40. The fraction of sp³-hybridized carbons (Fsp3) is 0.286. The summed E-state index contributed by atoms with van der Waals surface area (Å²) in [6.45, 7) is 4.87. The lowest BCUT2D eigenvalue weighted by Gasteiger charge is -2.20. The summed E-state index contributed by atoms with van der Waals surface area (Å²) in [4.78, 5) is 8.34.